The summed E-state index contributed by atoms with van der Waals surface area (Å²) in [5.41, 5.74) is 2.02. The van der Waals surface area contributed by atoms with E-state index in [2.05, 4.69) is 11.1 Å². The van der Waals surface area contributed by atoms with Crippen molar-refractivity contribution in [3.63, 3.8) is 0 Å². The molecular formula is C15H14ClNO2. The third-order valence-corrected chi connectivity index (χ3v) is 3.53. The van der Waals surface area contributed by atoms with Gasteiger partial charge in [-0.25, -0.2) is 0 Å². The zero-order valence-corrected chi connectivity index (χ0v) is 11.3. The molecule has 0 amide bonds. The zero-order valence-electron chi connectivity index (χ0n) is 10.6. The van der Waals surface area contributed by atoms with Crippen molar-refractivity contribution < 1.29 is 4.74 Å². The standard InChI is InChI=1S/C15H14ClNO2/c1-9-3-2-4-11(10-5-6-10)15(9)19-13-8-17-14(16)7-12(13)18/h2-4,7-8,10H,5-6H2,1H3,(H,17,18). The van der Waals surface area contributed by atoms with Crippen molar-refractivity contribution >= 4 is 11.6 Å². The van der Waals surface area contributed by atoms with Gasteiger partial charge in [-0.1, -0.05) is 29.8 Å². The summed E-state index contributed by atoms with van der Waals surface area (Å²) in [5.74, 6) is 1.65. The minimum atomic E-state index is -0.214. The molecule has 1 aromatic carbocycles. The SMILES string of the molecule is Cc1cccc(C2CC2)c1Oc1c[nH]c(Cl)cc1=O. The number of rotatable bonds is 3. The highest BCUT2D eigenvalue weighted by atomic mass is 35.5. The molecule has 1 N–H and O–H groups in total. The summed E-state index contributed by atoms with van der Waals surface area (Å²) < 4.78 is 5.82. The van der Waals surface area contributed by atoms with Crippen LogP contribution in [0.1, 0.15) is 29.9 Å². The molecule has 2 aromatic rings. The number of H-pyrrole nitrogens is 1. The minimum Gasteiger partial charge on any atom is -0.451 e. The normalized spacial score (nSPS) is 14.4. The van der Waals surface area contributed by atoms with Crippen LogP contribution in [0.3, 0.4) is 0 Å². The number of pyridine rings is 1. The van der Waals surface area contributed by atoms with Crippen LogP contribution in [0.2, 0.25) is 5.15 Å². The number of hydrogen-bond donors (Lipinski definition) is 1. The first-order chi connectivity index (χ1) is 9.15. The molecule has 1 heterocycles. The Bertz CT molecular complexity index is 674. The first-order valence-electron chi connectivity index (χ1n) is 6.31. The Hall–Kier alpha value is -1.74. The van der Waals surface area contributed by atoms with Gasteiger partial charge in [0.05, 0.1) is 0 Å². The molecule has 1 fully saturated rings. The van der Waals surface area contributed by atoms with Crippen LogP contribution < -0.4 is 10.2 Å². The molecule has 3 rings (SSSR count). The summed E-state index contributed by atoms with van der Waals surface area (Å²) in [6, 6.07) is 7.42. The van der Waals surface area contributed by atoms with Gasteiger partial charge in [0.15, 0.2) is 5.75 Å². The molecule has 0 saturated heterocycles. The van der Waals surface area contributed by atoms with Gasteiger partial charge in [0, 0.05) is 12.3 Å². The molecule has 1 aliphatic rings. The second-order valence-corrected chi connectivity index (χ2v) is 5.29. The van der Waals surface area contributed by atoms with Gasteiger partial charge in [-0.05, 0) is 36.8 Å². The Morgan fingerprint density at radius 2 is 2.16 bits per heavy atom. The topological polar surface area (TPSA) is 42.1 Å². The van der Waals surface area contributed by atoms with Crippen LogP contribution in [0, 0.1) is 6.92 Å². The van der Waals surface area contributed by atoms with Crippen LogP contribution >= 0.6 is 11.6 Å². The van der Waals surface area contributed by atoms with Crippen molar-refractivity contribution in [2.75, 3.05) is 0 Å². The fraction of sp³-hybridized carbons (Fsp3) is 0.267. The number of para-hydroxylation sites is 1. The number of benzene rings is 1. The lowest BCUT2D eigenvalue weighted by atomic mass is 10.1. The van der Waals surface area contributed by atoms with E-state index in [-0.39, 0.29) is 11.2 Å². The molecule has 0 aliphatic heterocycles. The molecule has 0 unspecified atom stereocenters. The van der Waals surface area contributed by atoms with Crippen LogP contribution in [0.5, 0.6) is 11.5 Å². The van der Waals surface area contributed by atoms with Gasteiger partial charge in [0.1, 0.15) is 10.9 Å². The number of aromatic nitrogens is 1. The Kier molecular flexibility index (Phi) is 3.07. The zero-order chi connectivity index (χ0) is 13.4. The summed E-state index contributed by atoms with van der Waals surface area (Å²) in [4.78, 5) is 14.6. The van der Waals surface area contributed by atoms with Gasteiger partial charge in [-0.15, -0.1) is 0 Å². The third-order valence-electron chi connectivity index (χ3n) is 3.31. The van der Waals surface area contributed by atoms with E-state index in [4.69, 9.17) is 16.3 Å². The van der Waals surface area contributed by atoms with Crippen LogP contribution in [-0.2, 0) is 0 Å². The van der Waals surface area contributed by atoms with E-state index >= 15 is 0 Å². The van der Waals surface area contributed by atoms with Gasteiger partial charge in [-0.3, -0.25) is 4.79 Å². The van der Waals surface area contributed by atoms with Gasteiger partial charge in [0.25, 0.3) is 0 Å². The summed E-state index contributed by atoms with van der Waals surface area (Å²) in [6.07, 6.45) is 3.89. The van der Waals surface area contributed by atoms with Crippen molar-refractivity contribution in [1.29, 1.82) is 0 Å². The maximum absolute atomic E-state index is 11.8. The van der Waals surface area contributed by atoms with E-state index in [0.29, 0.717) is 11.1 Å². The van der Waals surface area contributed by atoms with Gasteiger partial charge in [0.2, 0.25) is 5.43 Å². The lowest BCUT2D eigenvalue weighted by Crippen LogP contribution is -2.05. The lowest BCUT2D eigenvalue weighted by molar-refractivity contribution is 0.466. The molecule has 0 atom stereocenters. The molecular weight excluding hydrogens is 262 g/mol. The highest BCUT2D eigenvalue weighted by Gasteiger charge is 2.27. The van der Waals surface area contributed by atoms with Crippen LogP contribution in [-0.4, -0.2) is 4.98 Å². The molecule has 1 aromatic heterocycles. The Balaban J connectivity index is 2.01. The van der Waals surface area contributed by atoms with Crippen molar-refractivity contribution in [3.8, 4) is 11.5 Å². The second kappa shape index (κ2) is 4.74. The molecule has 3 nitrogen and oxygen atoms in total. The number of aryl methyl sites for hydroxylation is 1. The molecule has 0 radical (unpaired) electrons. The van der Waals surface area contributed by atoms with E-state index in [1.807, 2.05) is 19.1 Å². The maximum atomic E-state index is 11.8. The van der Waals surface area contributed by atoms with Crippen LogP contribution in [0.25, 0.3) is 0 Å². The second-order valence-electron chi connectivity index (χ2n) is 4.88. The van der Waals surface area contributed by atoms with E-state index in [9.17, 15) is 4.79 Å². The summed E-state index contributed by atoms with van der Waals surface area (Å²) >= 11 is 5.73. The largest absolute Gasteiger partial charge is 0.451 e. The minimum absolute atomic E-state index is 0.214. The molecule has 19 heavy (non-hydrogen) atoms. The number of nitrogens with one attached hydrogen (secondary N) is 1. The average Bonchev–Trinajstić information content (AvgIpc) is 3.19. The van der Waals surface area contributed by atoms with Gasteiger partial charge < -0.3 is 9.72 Å². The first-order valence-corrected chi connectivity index (χ1v) is 6.68. The number of hydrogen-bond acceptors (Lipinski definition) is 2. The predicted molar refractivity (Wildman–Crippen MR) is 75.3 cm³/mol. The number of ether oxygens (including phenoxy) is 1. The van der Waals surface area contributed by atoms with E-state index in [1.165, 1.54) is 30.7 Å². The fourth-order valence-corrected chi connectivity index (χ4v) is 2.31. The average molecular weight is 276 g/mol. The fourth-order valence-electron chi connectivity index (χ4n) is 2.15. The van der Waals surface area contributed by atoms with Gasteiger partial charge in [-0.2, -0.15) is 0 Å². The smallest absolute Gasteiger partial charge is 0.225 e. The summed E-state index contributed by atoms with van der Waals surface area (Å²) in [5, 5.41) is 0.310. The predicted octanol–water partition coefficient (Wildman–Crippen LogP) is 4.01. The number of halogens is 1. The van der Waals surface area contributed by atoms with E-state index in [1.54, 1.807) is 0 Å². The first kappa shape index (κ1) is 12.3. The molecule has 98 valence electrons. The lowest BCUT2D eigenvalue weighted by Gasteiger charge is -2.12. The number of aromatic amines is 1. The maximum Gasteiger partial charge on any atom is 0.225 e. The van der Waals surface area contributed by atoms with Crippen molar-refractivity contribution in [2.45, 2.75) is 25.7 Å². The van der Waals surface area contributed by atoms with Gasteiger partial charge >= 0.3 is 0 Å². The van der Waals surface area contributed by atoms with E-state index < -0.39 is 0 Å². The Labute approximate surface area is 116 Å². The summed E-state index contributed by atoms with van der Waals surface area (Å²) in [6.45, 7) is 1.99. The highest BCUT2D eigenvalue weighted by Crippen LogP contribution is 2.45. The van der Waals surface area contributed by atoms with Crippen molar-refractivity contribution in [1.82, 2.24) is 4.98 Å². The van der Waals surface area contributed by atoms with E-state index in [0.717, 1.165) is 11.3 Å². The van der Waals surface area contributed by atoms with Crippen molar-refractivity contribution in [3.05, 3.63) is 57.0 Å². The molecule has 0 spiro atoms. The Morgan fingerprint density at radius 1 is 1.37 bits per heavy atom. The molecule has 1 aliphatic carbocycles. The quantitative estimate of drug-likeness (QED) is 0.860. The summed E-state index contributed by atoms with van der Waals surface area (Å²) in [7, 11) is 0. The monoisotopic (exact) mass is 275 g/mol. The van der Waals surface area contributed by atoms with Crippen molar-refractivity contribution in [2.24, 2.45) is 0 Å². The van der Waals surface area contributed by atoms with Crippen LogP contribution in [0.4, 0.5) is 0 Å². The highest BCUT2D eigenvalue weighted by molar-refractivity contribution is 6.29. The molecule has 4 heteroatoms. The third kappa shape index (κ3) is 2.51. The molecule has 1 saturated carbocycles. The molecule has 0 bridgehead atoms. The Morgan fingerprint density at radius 3 is 2.84 bits per heavy atom. The van der Waals surface area contributed by atoms with Crippen LogP contribution in [0.15, 0.2) is 35.3 Å².